The molecular formula is C14H15ClFNS. The second-order valence-electron chi connectivity index (χ2n) is 4.26. The number of hydrogen-bond donors (Lipinski definition) is 1. The van der Waals surface area contributed by atoms with Gasteiger partial charge in [0.1, 0.15) is 5.82 Å². The minimum Gasteiger partial charge on any atom is -0.323 e. The van der Waals surface area contributed by atoms with Gasteiger partial charge in [0.05, 0.1) is 0 Å². The van der Waals surface area contributed by atoms with E-state index in [1.54, 1.807) is 17.4 Å². The van der Waals surface area contributed by atoms with Gasteiger partial charge >= 0.3 is 0 Å². The van der Waals surface area contributed by atoms with Gasteiger partial charge in [-0.15, -0.1) is 11.3 Å². The van der Waals surface area contributed by atoms with E-state index in [1.807, 2.05) is 12.1 Å². The second kappa shape index (κ2) is 5.83. The Morgan fingerprint density at radius 2 is 2.11 bits per heavy atom. The van der Waals surface area contributed by atoms with Crippen molar-refractivity contribution in [3.05, 3.63) is 46.0 Å². The van der Waals surface area contributed by atoms with Gasteiger partial charge in [-0.1, -0.05) is 24.9 Å². The maximum Gasteiger partial charge on any atom is 0.125 e. The predicted octanol–water partition coefficient (Wildman–Crippen LogP) is 5.01. The molecule has 0 saturated carbocycles. The van der Waals surface area contributed by atoms with Gasteiger partial charge < -0.3 is 5.73 Å². The van der Waals surface area contributed by atoms with Crippen molar-refractivity contribution in [1.29, 1.82) is 0 Å². The molecule has 0 fully saturated rings. The van der Waals surface area contributed by atoms with Crippen LogP contribution in [0, 0.1) is 5.82 Å². The van der Waals surface area contributed by atoms with Crippen LogP contribution in [-0.4, -0.2) is 0 Å². The van der Waals surface area contributed by atoms with Crippen LogP contribution in [-0.2, 0) is 0 Å². The lowest BCUT2D eigenvalue weighted by Gasteiger charge is -2.06. The standard InChI is InChI=1S/C14H15ClFNS/c1-2-3-12(17)14-5-4-13(18-14)9-6-10(15)8-11(16)7-9/h4-8,12H,2-3,17H2,1H3. The molecule has 0 aliphatic heterocycles. The molecule has 2 N–H and O–H groups in total. The first-order chi connectivity index (χ1) is 8.60. The molecular weight excluding hydrogens is 269 g/mol. The van der Waals surface area contributed by atoms with Crippen LogP contribution >= 0.6 is 22.9 Å². The van der Waals surface area contributed by atoms with E-state index >= 15 is 0 Å². The highest BCUT2D eigenvalue weighted by molar-refractivity contribution is 7.15. The molecule has 0 aliphatic rings. The van der Waals surface area contributed by atoms with E-state index in [9.17, 15) is 4.39 Å². The molecule has 1 nitrogen and oxygen atoms in total. The monoisotopic (exact) mass is 283 g/mol. The van der Waals surface area contributed by atoms with E-state index in [-0.39, 0.29) is 11.9 Å². The van der Waals surface area contributed by atoms with Gasteiger partial charge in [0.15, 0.2) is 0 Å². The Bertz CT molecular complexity index is 518. The van der Waals surface area contributed by atoms with Crippen LogP contribution in [0.15, 0.2) is 30.3 Å². The van der Waals surface area contributed by atoms with Crippen LogP contribution in [0.1, 0.15) is 30.7 Å². The topological polar surface area (TPSA) is 26.0 Å². The average Bonchev–Trinajstić information content (AvgIpc) is 2.77. The minimum atomic E-state index is -0.315. The van der Waals surface area contributed by atoms with Crippen molar-refractivity contribution in [3.63, 3.8) is 0 Å². The maximum atomic E-state index is 13.3. The summed E-state index contributed by atoms with van der Waals surface area (Å²) < 4.78 is 13.3. The van der Waals surface area contributed by atoms with Crippen molar-refractivity contribution < 1.29 is 4.39 Å². The summed E-state index contributed by atoms with van der Waals surface area (Å²) in [5, 5.41) is 0.415. The van der Waals surface area contributed by atoms with Gasteiger partial charge in [-0.3, -0.25) is 0 Å². The van der Waals surface area contributed by atoms with Crippen LogP contribution in [0.3, 0.4) is 0 Å². The average molecular weight is 284 g/mol. The molecule has 0 radical (unpaired) electrons. The molecule has 1 aromatic carbocycles. The Hall–Kier alpha value is -0.900. The second-order valence-corrected chi connectivity index (χ2v) is 5.81. The van der Waals surface area contributed by atoms with Crippen molar-refractivity contribution in [2.24, 2.45) is 5.73 Å². The lowest BCUT2D eigenvalue weighted by atomic mass is 10.1. The van der Waals surface area contributed by atoms with Gasteiger partial charge in [0.25, 0.3) is 0 Å². The SMILES string of the molecule is CCCC(N)c1ccc(-c2cc(F)cc(Cl)c2)s1. The van der Waals surface area contributed by atoms with Crippen LogP contribution in [0.25, 0.3) is 10.4 Å². The zero-order valence-electron chi connectivity index (χ0n) is 10.1. The van der Waals surface area contributed by atoms with Crippen LogP contribution in [0.4, 0.5) is 4.39 Å². The highest BCUT2D eigenvalue weighted by Crippen LogP contribution is 2.33. The number of thiophene rings is 1. The lowest BCUT2D eigenvalue weighted by molar-refractivity contribution is 0.628. The summed E-state index contributed by atoms with van der Waals surface area (Å²) in [7, 11) is 0. The maximum absolute atomic E-state index is 13.3. The molecule has 0 amide bonds. The number of nitrogens with two attached hydrogens (primary N) is 1. The van der Waals surface area contributed by atoms with E-state index in [1.165, 1.54) is 12.1 Å². The summed E-state index contributed by atoms with van der Waals surface area (Å²) in [6.07, 6.45) is 2.02. The molecule has 0 aliphatic carbocycles. The third kappa shape index (κ3) is 3.10. The van der Waals surface area contributed by atoms with E-state index in [2.05, 4.69) is 6.92 Å². The van der Waals surface area contributed by atoms with Gasteiger partial charge in [0, 0.05) is 20.8 Å². The van der Waals surface area contributed by atoms with E-state index < -0.39 is 0 Å². The summed E-state index contributed by atoms with van der Waals surface area (Å²) in [5.74, 6) is -0.315. The Morgan fingerprint density at radius 3 is 2.78 bits per heavy atom. The van der Waals surface area contributed by atoms with Crippen LogP contribution < -0.4 is 5.73 Å². The summed E-state index contributed by atoms with van der Waals surface area (Å²) in [4.78, 5) is 2.13. The molecule has 0 spiro atoms. The molecule has 96 valence electrons. The van der Waals surface area contributed by atoms with Crippen molar-refractivity contribution >= 4 is 22.9 Å². The highest BCUT2D eigenvalue weighted by Gasteiger charge is 2.10. The minimum absolute atomic E-state index is 0.0674. The molecule has 1 atom stereocenters. The van der Waals surface area contributed by atoms with Gasteiger partial charge in [-0.2, -0.15) is 0 Å². The number of rotatable bonds is 4. The quantitative estimate of drug-likeness (QED) is 0.839. The Balaban J connectivity index is 2.29. The van der Waals surface area contributed by atoms with Crippen molar-refractivity contribution in [1.82, 2.24) is 0 Å². The Labute approximate surface area is 115 Å². The number of hydrogen-bond acceptors (Lipinski definition) is 2. The third-order valence-corrected chi connectivity index (χ3v) is 4.22. The lowest BCUT2D eigenvalue weighted by Crippen LogP contribution is -2.07. The molecule has 4 heteroatoms. The molecule has 1 aromatic heterocycles. The zero-order chi connectivity index (χ0) is 13.1. The summed E-state index contributed by atoms with van der Waals surface area (Å²) in [5.41, 5.74) is 6.87. The molecule has 1 unspecified atom stereocenters. The van der Waals surface area contributed by atoms with Crippen molar-refractivity contribution in [2.75, 3.05) is 0 Å². The molecule has 1 heterocycles. The van der Waals surface area contributed by atoms with Gasteiger partial charge in [-0.25, -0.2) is 4.39 Å². The zero-order valence-corrected chi connectivity index (χ0v) is 11.7. The summed E-state index contributed by atoms with van der Waals surface area (Å²) in [6, 6.07) is 8.62. The van der Waals surface area contributed by atoms with Crippen molar-refractivity contribution in [3.8, 4) is 10.4 Å². The first-order valence-electron chi connectivity index (χ1n) is 5.92. The smallest absolute Gasteiger partial charge is 0.125 e. The van der Waals surface area contributed by atoms with Gasteiger partial charge in [0.2, 0.25) is 0 Å². The Morgan fingerprint density at radius 1 is 1.33 bits per heavy atom. The van der Waals surface area contributed by atoms with E-state index in [0.717, 1.165) is 28.2 Å². The number of halogens is 2. The largest absolute Gasteiger partial charge is 0.323 e. The van der Waals surface area contributed by atoms with Gasteiger partial charge in [-0.05, 0) is 42.3 Å². The first-order valence-corrected chi connectivity index (χ1v) is 7.11. The fourth-order valence-electron chi connectivity index (χ4n) is 1.86. The molecule has 18 heavy (non-hydrogen) atoms. The Kier molecular flexibility index (Phi) is 4.38. The van der Waals surface area contributed by atoms with Crippen LogP contribution in [0.5, 0.6) is 0 Å². The van der Waals surface area contributed by atoms with Crippen LogP contribution in [0.2, 0.25) is 5.02 Å². The third-order valence-electron chi connectivity index (χ3n) is 2.74. The van der Waals surface area contributed by atoms with E-state index in [0.29, 0.717) is 5.02 Å². The molecule has 2 rings (SSSR count). The fourth-order valence-corrected chi connectivity index (χ4v) is 3.11. The molecule has 0 bridgehead atoms. The first kappa shape index (κ1) is 13.5. The number of benzene rings is 1. The van der Waals surface area contributed by atoms with Crippen molar-refractivity contribution in [2.45, 2.75) is 25.8 Å². The predicted molar refractivity (Wildman–Crippen MR) is 76.6 cm³/mol. The molecule has 2 aromatic rings. The molecule has 0 saturated heterocycles. The highest BCUT2D eigenvalue weighted by atomic mass is 35.5. The summed E-state index contributed by atoms with van der Waals surface area (Å²) >= 11 is 7.46. The fraction of sp³-hybridized carbons (Fsp3) is 0.286. The normalized spacial score (nSPS) is 12.7. The van der Waals surface area contributed by atoms with E-state index in [4.69, 9.17) is 17.3 Å². The summed E-state index contributed by atoms with van der Waals surface area (Å²) in [6.45, 7) is 2.11.